The largest absolute Gasteiger partial charge is 0.573 e. The lowest BCUT2D eigenvalue weighted by atomic mass is 10.00. The molecule has 0 spiro atoms. The molecule has 0 saturated carbocycles. The van der Waals surface area contributed by atoms with Gasteiger partial charge in [0.15, 0.2) is 17.2 Å². The number of carbonyl (C=O) groups excluding carboxylic acids is 1. The van der Waals surface area contributed by atoms with Crippen LogP contribution in [0, 0.1) is 0 Å². The van der Waals surface area contributed by atoms with Crippen LogP contribution in [-0.2, 0) is 0 Å². The number of amides is 2. The summed E-state index contributed by atoms with van der Waals surface area (Å²) in [6.45, 7) is 4.85. The van der Waals surface area contributed by atoms with Gasteiger partial charge in [-0.25, -0.2) is 23.8 Å². The van der Waals surface area contributed by atoms with Crippen molar-refractivity contribution >= 4 is 34.9 Å². The molecule has 0 bridgehead atoms. The Kier molecular flexibility index (Phi) is 10.0. The van der Waals surface area contributed by atoms with Gasteiger partial charge in [0.25, 0.3) is 0 Å². The molecular weight excluding hydrogens is 624 g/mol. The lowest BCUT2D eigenvalue weighted by Gasteiger charge is -2.32. The van der Waals surface area contributed by atoms with Crippen molar-refractivity contribution in [3.8, 4) is 28.6 Å². The number of thioether (sulfide) groups is 1. The van der Waals surface area contributed by atoms with Crippen LogP contribution in [0.5, 0.6) is 11.5 Å². The van der Waals surface area contributed by atoms with Crippen LogP contribution in [0.4, 0.5) is 28.0 Å². The Labute approximate surface area is 267 Å². The van der Waals surface area contributed by atoms with Gasteiger partial charge in [0.2, 0.25) is 0 Å². The van der Waals surface area contributed by atoms with E-state index in [1.165, 1.54) is 59.2 Å². The molecule has 1 saturated heterocycles. The van der Waals surface area contributed by atoms with Gasteiger partial charge in [-0.2, -0.15) is 4.99 Å². The van der Waals surface area contributed by atoms with Gasteiger partial charge in [-0.15, -0.1) is 18.3 Å². The van der Waals surface area contributed by atoms with E-state index in [2.05, 4.69) is 38.7 Å². The fourth-order valence-corrected chi connectivity index (χ4v) is 5.65. The Morgan fingerprint density at radius 2 is 1.76 bits per heavy atom. The number of anilines is 1. The number of amidine groups is 1. The first-order valence-electron chi connectivity index (χ1n) is 14.3. The minimum atomic E-state index is -4.78. The molecule has 240 valence electrons. The average molecular weight is 655 g/mol. The molecule has 9 nitrogen and oxygen atoms in total. The van der Waals surface area contributed by atoms with Crippen LogP contribution in [0.15, 0.2) is 83.0 Å². The SMILES string of the molecule is COc1ccc(C(C)C)c(N2CCCSC2=NC(=O)N=CC(F)c2ccc(-c3ncn(-c4ccc(OC(F)(F)F)cc4)n3)cc2)c1. The summed E-state index contributed by atoms with van der Waals surface area (Å²) in [4.78, 5) is 26.9. The van der Waals surface area contributed by atoms with Crippen LogP contribution >= 0.6 is 11.8 Å². The highest BCUT2D eigenvalue weighted by molar-refractivity contribution is 8.14. The zero-order valence-electron chi connectivity index (χ0n) is 25.1. The first-order valence-corrected chi connectivity index (χ1v) is 15.3. The smallest absolute Gasteiger partial charge is 0.497 e. The number of methoxy groups -OCH3 is 1. The molecule has 1 aromatic heterocycles. The number of hydrogen-bond donors (Lipinski definition) is 0. The number of hydrogen-bond acceptors (Lipinski definition) is 6. The first-order chi connectivity index (χ1) is 22.0. The zero-order chi connectivity index (χ0) is 32.8. The van der Waals surface area contributed by atoms with Crippen molar-refractivity contribution in [2.45, 2.75) is 38.7 Å². The minimum Gasteiger partial charge on any atom is -0.497 e. The van der Waals surface area contributed by atoms with Crippen molar-refractivity contribution in [3.63, 3.8) is 0 Å². The van der Waals surface area contributed by atoms with Crippen molar-refractivity contribution in [3.05, 3.63) is 84.2 Å². The molecule has 1 atom stereocenters. The van der Waals surface area contributed by atoms with E-state index < -0.39 is 18.6 Å². The second kappa shape index (κ2) is 14.1. The summed E-state index contributed by atoms with van der Waals surface area (Å²) < 4.78 is 63.0. The Morgan fingerprint density at radius 3 is 2.43 bits per heavy atom. The Bertz CT molecular complexity index is 1720. The number of benzene rings is 3. The van der Waals surface area contributed by atoms with E-state index in [9.17, 15) is 18.0 Å². The van der Waals surface area contributed by atoms with Crippen LogP contribution < -0.4 is 14.4 Å². The van der Waals surface area contributed by atoms with Gasteiger partial charge in [0.1, 0.15) is 17.8 Å². The van der Waals surface area contributed by atoms with Crippen LogP contribution in [0.3, 0.4) is 0 Å². The standard InChI is InChI=1S/C32H30F4N6O3S/c1-20(2)26-14-13-25(44-3)17-28(26)41-15-4-16-46-31(41)39-30(43)37-18-27(33)21-5-7-22(8-6-21)29-38-19-42(40-29)23-9-11-24(12-10-23)45-32(34,35)36/h5-14,17-20,27H,4,15-16H2,1-3H3. The van der Waals surface area contributed by atoms with Gasteiger partial charge >= 0.3 is 12.4 Å². The highest BCUT2D eigenvalue weighted by Crippen LogP contribution is 2.35. The van der Waals surface area contributed by atoms with E-state index in [-0.39, 0.29) is 17.2 Å². The molecule has 0 radical (unpaired) electrons. The molecule has 1 unspecified atom stereocenters. The van der Waals surface area contributed by atoms with Crippen LogP contribution in [0.25, 0.3) is 17.1 Å². The second-order valence-electron chi connectivity index (χ2n) is 10.5. The van der Waals surface area contributed by atoms with Crippen molar-refractivity contribution in [1.82, 2.24) is 14.8 Å². The van der Waals surface area contributed by atoms with Gasteiger partial charge in [0, 0.05) is 35.8 Å². The molecule has 3 aromatic carbocycles. The second-order valence-corrected chi connectivity index (χ2v) is 11.5. The quantitative estimate of drug-likeness (QED) is 0.140. The molecule has 14 heteroatoms. The molecule has 5 rings (SSSR count). The zero-order valence-corrected chi connectivity index (χ0v) is 25.9. The molecule has 1 fully saturated rings. The fraction of sp³-hybridized carbons (Fsp3) is 0.281. The minimum absolute atomic E-state index is 0.232. The number of aromatic nitrogens is 3. The van der Waals surface area contributed by atoms with E-state index in [1.54, 1.807) is 19.2 Å². The van der Waals surface area contributed by atoms with Crippen molar-refractivity contribution < 1.29 is 31.8 Å². The van der Waals surface area contributed by atoms with E-state index >= 15 is 4.39 Å². The van der Waals surface area contributed by atoms with Crippen molar-refractivity contribution in [2.75, 3.05) is 24.3 Å². The lowest BCUT2D eigenvalue weighted by molar-refractivity contribution is -0.274. The number of carbonyl (C=O) groups is 1. The predicted molar refractivity (Wildman–Crippen MR) is 170 cm³/mol. The predicted octanol–water partition coefficient (Wildman–Crippen LogP) is 8.17. The van der Waals surface area contributed by atoms with E-state index in [0.717, 1.165) is 29.6 Å². The number of halogens is 4. The summed E-state index contributed by atoms with van der Waals surface area (Å²) in [6.07, 6.45) is -3.22. The highest BCUT2D eigenvalue weighted by atomic mass is 32.2. The summed E-state index contributed by atoms with van der Waals surface area (Å²) in [6, 6.07) is 16.5. The number of nitrogens with zero attached hydrogens (tertiary/aromatic N) is 6. The number of alkyl halides is 4. The molecule has 4 aromatic rings. The third-order valence-corrected chi connectivity index (χ3v) is 8.02. The Hall–Kier alpha value is -4.72. The molecular formula is C32H30F4N6O3S. The maximum Gasteiger partial charge on any atom is 0.573 e. The van der Waals surface area contributed by atoms with Crippen molar-refractivity contribution in [1.29, 1.82) is 0 Å². The third kappa shape index (κ3) is 8.10. The van der Waals surface area contributed by atoms with E-state index in [1.807, 2.05) is 23.1 Å². The maximum absolute atomic E-state index is 15.0. The van der Waals surface area contributed by atoms with Gasteiger partial charge < -0.3 is 14.4 Å². The summed E-state index contributed by atoms with van der Waals surface area (Å²) in [7, 11) is 1.60. The van der Waals surface area contributed by atoms with Crippen LogP contribution in [-0.4, -0.2) is 57.9 Å². The van der Waals surface area contributed by atoms with E-state index in [0.29, 0.717) is 34.5 Å². The molecule has 2 heterocycles. The summed E-state index contributed by atoms with van der Waals surface area (Å²) in [5.41, 5.74) is 3.32. The molecule has 1 aliphatic heterocycles. The highest BCUT2D eigenvalue weighted by Gasteiger charge is 2.31. The fourth-order valence-electron chi connectivity index (χ4n) is 4.71. The average Bonchev–Trinajstić information content (AvgIpc) is 3.54. The molecule has 0 aliphatic carbocycles. The van der Waals surface area contributed by atoms with Crippen LogP contribution in [0.2, 0.25) is 0 Å². The third-order valence-electron chi connectivity index (χ3n) is 6.96. The molecule has 46 heavy (non-hydrogen) atoms. The molecule has 1 aliphatic rings. The van der Waals surface area contributed by atoms with Gasteiger partial charge in [0.05, 0.1) is 12.8 Å². The van der Waals surface area contributed by atoms with Crippen molar-refractivity contribution in [2.24, 2.45) is 9.98 Å². The number of ether oxygens (including phenoxy) is 2. The maximum atomic E-state index is 15.0. The number of aliphatic imine (C=N–C) groups is 2. The van der Waals surface area contributed by atoms with Crippen LogP contribution in [0.1, 0.15) is 43.5 Å². The van der Waals surface area contributed by atoms with Gasteiger partial charge in [-0.05, 0) is 53.8 Å². The number of urea groups is 1. The molecule has 2 amide bonds. The normalized spacial score (nSPS) is 15.5. The van der Waals surface area contributed by atoms with E-state index in [4.69, 9.17) is 4.74 Å². The lowest BCUT2D eigenvalue weighted by Crippen LogP contribution is -2.35. The summed E-state index contributed by atoms with van der Waals surface area (Å²) in [5, 5.41) is 4.85. The first kappa shape index (κ1) is 32.7. The Morgan fingerprint density at radius 1 is 1.04 bits per heavy atom. The van der Waals surface area contributed by atoms with Gasteiger partial charge in [-0.3, -0.25) is 0 Å². The van der Waals surface area contributed by atoms with Gasteiger partial charge in [-0.1, -0.05) is 55.9 Å². The summed E-state index contributed by atoms with van der Waals surface area (Å²) in [5.74, 6) is 1.69. The summed E-state index contributed by atoms with van der Waals surface area (Å²) >= 11 is 1.45. The Balaban J connectivity index is 1.25. The molecule has 0 N–H and O–H groups in total. The monoisotopic (exact) mass is 654 g/mol. The number of rotatable bonds is 8. The topological polar surface area (TPSA) is 94.2 Å².